The van der Waals surface area contributed by atoms with Crippen LogP contribution in [-0.4, -0.2) is 27.1 Å². The van der Waals surface area contributed by atoms with Crippen molar-refractivity contribution in [3.8, 4) is 0 Å². The van der Waals surface area contributed by atoms with Gasteiger partial charge in [0.25, 0.3) is 0 Å². The minimum atomic E-state index is -1.08. The molecule has 0 radical (unpaired) electrons. The van der Waals surface area contributed by atoms with Gasteiger partial charge in [-0.2, -0.15) is 0 Å². The van der Waals surface area contributed by atoms with Gasteiger partial charge < -0.3 is 9.84 Å². The van der Waals surface area contributed by atoms with Crippen molar-refractivity contribution >= 4 is 12.1 Å². The highest BCUT2D eigenvalue weighted by atomic mass is 16.6. The Balaban J connectivity index is 1.62. The first-order chi connectivity index (χ1) is 10.6. The number of nitrogens with zero attached hydrogens (tertiary/aromatic N) is 2. The van der Waals surface area contributed by atoms with E-state index >= 15 is 0 Å². The van der Waals surface area contributed by atoms with Gasteiger partial charge in [0, 0.05) is 12.7 Å². The SMILES string of the molecule is O=C(O)c1cc2c(cn1)CN(C(=O)OCc1ccccc1)C2. The van der Waals surface area contributed by atoms with Crippen molar-refractivity contribution in [2.24, 2.45) is 0 Å². The van der Waals surface area contributed by atoms with Crippen molar-refractivity contribution in [2.75, 3.05) is 0 Å². The van der Waals surface area contributed by atoms with E-state index in [2.05, 4.69) is 4.98 Å². The molecule has 0 spiro atoms. The second-order valence-corrected chi connectivity index (χ2v) is 5.04. The van der Waals surface area contributed by atoms with Gasteiger partial charge in [0.2, 0.25) is 0 Å². The van der Waals surface area contributed by atoms with Gasteiger partial charge >= 0.3 is 12.1 Å². The van der Waals surface area contributed by atoms with Crippen molar-refractivity contribution in [3.05, 3.63) is 65.0 Å². The third-order valence-corrected chi connectivity index (χ3v) is 3.49. The second kappa shape index (κ2) is 5.85. The monoisotopic (exact) mass is 298 g/mol. The molecule has 2 heterocycles. The number of carboxylic acid groups (broad SMARTS) is 1. The molecule has 0 unspecified atom stereocenters. The quantitative estimate of drug-likeness (QED) is 0.941. The molecule has 2 aromatic rings. The summed E-state index contributed by atoms with van der Waals surface area (Å²) >= 11 is 0. The maximum Gasteiger partial charge on any atom is 0.410 e. The summed E-state index contributed by atoms with van der Waals surface area (Å²) in [6.07, 6.45) is 1.08. The van der Waals surface area contributed by atoms with Gasteiger partial charge in [-0.05, 0) is 22.8 Å². The maximum atomic E-state index is 12.1. The van der Waals surface area contributed by atoms with Gasteiger partial charge in [-0.1, -0.05) is 30.3 Å². The van der Waals surface area contributed by atoms with E-state index in [-0.39, 0.29) is 12.3 Å². The molecule has 6 heteroatoms. The average Bonchev–Trinajstić information content (AvgIpc) is 2.96. The zero-order chi connectivity index (χ0) is 15.5. The molecular weight excluding hydrogens is 284 g/mol. The van der Waals surface area contributed by atoms with Crippen LogP contribution in [0.25, 0.3) is 0 Å². The van der Waals surface area contributed by atoms with E-state index in [9.17, 15) is 9.59 Å². The molecule has 22 heavy (non-hydrogen) atoms. The average molecular weight is 298 g/mol. The number of carbonyl (C=O) groups excluding carboxylic acids is 1. The molecule has 6 nitrogen and oxygen atoms in total. The molecule has 1 aliphatic rings. The zero-order valence-corrected chi connectivity index (χ0v) is 11.7. The molecule has 1 aliphatic heterocycles. The Morgan fingerprint density at radius 3 is 2.64 bits per heavy atom. The zero-order valence-electron chi connectivity index (χ0n) is 11.7. The largest absolute Gasteiger partial charge is 0.477 e. The first-order valence-electron chi connectivity index (χ1n) is 6.80. The van der Waals surface area contributed by atoms with E-state index in [0.29, 0.717) is 13.1 Å². The Bertz CT molecular complexity index is 715. The molecule has 0 aliphatic carbocycles. The van der Waals surface area contributed by atoms with Crippen LogP contribution in [0.2, 0.25) is 0 Å². The first-order valence-corrected chi connectivity index (χ1v) is 6.80. The number of aromatic carboxylic acids is 1. The van der Waals surface area contributed by atoms with Gasteiger partial charge in [-0.3, -0.25) is 4.90 Å². The fraction of sp³-hybridized carbons (Fsp3) is 0.188. The number of carbonyl (C=O) groups is 2. The number of benzene rings is 1. The highest BCUT2D eigenvalue weighted by Gasteiger charge is 2.25. The van der Waals surface area contributed by atoms with Crippen LogP contribution in [0.5, 0.6) is 0 Å². The first kappa shape index (κ1) is 14.1. The summed E-state index contributed by atoms with van der Waals surface area (Å²) in [5.74, 6) is -1.08. The predicted molar refractivity (Wildman–Crippen MR) is 77.1 cm³/mol. The molecule has 112 valence electrons. The number of amides is 1. The van der Waals surface area contributed by atoms with Crippen molar-refractivity contribution in [3.63, 3.8) is 0 Å². The van der Waals surface area contributed by atoms with Crippen LogP contribution in [0.1, 0.15) is 27.2 Å². The summed E-state index contributed by atoms with van der Waals surface area (Å²) in [4.78, 5) is 28.4. The van der Waals surface area contributed by atoms with E-state index < -0.39 is 12.1 Å². The van der Waals surface area contributed by atoms with Crippen molar-refractivity contribution in [1.29, 1.82) is 0 Å². The molecule has 1 aromatic carbocycles. The molecule has 0 saturated heterocycles. The Morgan fingerprint density at radius 2 is 1.91 bits per heavy atom. The van der Waals surface area contributed by atoms with Crippen molar-refractivity contribution in [1.82, 2.24) is 9.88 Å². The lowest BCUT2D eigenvalue weighted by molar-refractivity contribution is 0.0690. The fourth-order valence-corrected chi connectivity index (χ4v) is 2.34. The van der Waals surface area contributed by atoms with Crippen LogP contribution >= 0.6 is 0 Å². The maximum absolute atomic E-state index is 12.1. The number of ether oxygens (including phenoxy) is 1. The van der Waals surface area contributed by atoms with Crippen molar-refractivity contribution in [2.45, 2.75) is 19.7 Å². The van der Waals surface area contributed by atoms with E-state index in [1.807, 2.05) is 30.3 Å². The van der Waals surface area contributed by atoms with Crippen molar-refractivity contribution < 1.29 is 19.4 Å². The van der Waals surface area contributed by atoms with Crippen LogP contribution in [0.3, 0.4) is 0 Å². The molecule has 0 atom stereocenters. The van der Waals surface area contributed by atoms with Crippen LogP contribution in [-0.2, 0) is 24.4 Å². The van der Waals surface area contributed by atoms with Crippen LogP contribution in [0.4, 0.5) is 4.79 Å². The van der Waals surface area contributed by atoms with Gasteiger partial charge in [-0.15, -0.1) is 0 Å². The topological polar surface area (TPSA) is 79.7 Å². The van der Waals surface area contributed by atoms with E-state index in [1.54, 1.807) is 0 Å². The number of hydrogen-bond donors (Lipinski definition) is 1. The van der Waals surface area contributed by atoms with E-state index in [0.717, 1.165) is 16.7 Å². The smallest absolute Gasteiger partial charge is 0.410 e. The van der Waals surface area contributed by atoms with Crippen LogP contribution in [0, 0.1) is 0 Å². The molecular formula is C16H14N2O4. The second-order valence-electron chi connectivity index (χ2n) is 5.04. The lowest BCUT2D eigenvalue weighted by atomic mass is 10.1. The Labute approximate surface area is 127 Å². The third kappa shape index (κ3) is 2.90. The summed E-state index contributed by atoms with van der Waals surface area (Å²) < 4.78 is 5.27. The van der Waals surface area contributed by atoms with Gasteiger partial charge in [0.15, 0.2) is 0 Å². The van der Waals surface area contributed by atoms with Crippen LogP contribution < -0.4 is 0 Å². The lowest BCUT2D eigenvalue weighted by Gasteiger charge is -2.15. The molecule has 1 amide bonds. The number of hydrogen-bond acceptors (Lipinski definition) is 4. The van der Waals surface area contributed by atoms with Gasteiger partial charge in [0.1, 0.15) is 12.3 Å². The molecule has 1 aromatic heterocycles. The molecule has 3 rings (SSSR count). The van der Waals surface area contributed by atoms with Crippen LogP contribution in [0.15, 0.2) is 42.6 Å². The molecule has 0 fully saturated rings. The highest BCUT2D eigenvalue weighted by molar-refractivity contribution is 5.85. The Hall–Kier alpha value is -2.89. The summed E-state index contributed by atoms with van der Waals surface area (Å²) in [7, 11) is 0. The number of rotatable bonds is 3. The summed E-state index contributed by atoms with van der Waals surface area (Å²) in [5.41, 5.74) is 2.55. The number of pyridine rings is 1. The molecule has 1 N–H and O–H groups in total. The number of carboxylic acids is 1. The summed E-state index contributed by atoms with van der Waals surface area (Å²) in [5, 5.41) is 8.93. The van der Waals surface area contributed by atoms with E-state index in [1.165, 1.54) is 17.2 Å². The summed E-state index contributed by atoms with van der Waals surface area (Å²) in [6, 6.07) is 10.9. The molecule has 0 saturated carbocycles. The molecule has 0 bridgehead atoms. The van der Waals surface area contributed by atoms with Gasteiger partial charge in [0.05, 0.1) is 6.54 Å². The standard InChI is InChI=1S/C16H14N2O4/c19-15(20)14-6-12-8-18(9-13(12)7-17-14)16(21)22-10-11-4-2-1-3-5-11/h1-7H,8-10H2,(H,19,20). The number of aromatic nitrogens is 1. The Morgan fingerprint density at radius 1 is 1.18 bits per heavy atom. The minimum absolute atomic E-state index is 0.0155. The normalized spacial score (nSPS) is 12.8. The lowest BCUT2D eigenvalue weighted by Crippen LogP contribution is -2.26. The Kier molecular flexibility index (Phi) is 3.74. The number of fused-ring (bicyclic) bond motifs is 1. The minimum Gasteiger partial charge on any atom is -0.477 e. The highest BCUT2D eigenvalue weighted by Crippen LogP contribution is 2.23. The van der Waals surface area contributed by atoms with Gasteiger partial charge in [-0.25, -0.2) is 14.6 Å². The summed E-state index contributed by atoms with van der Waals surface area (Å²) in [6.45, 7) is 0.937. The predicted octanol–water partition coefficient (Wildman–Crippen LogP) is 2.43. The third-order valence-electron chi connectivity index (χ3n) is 3.49. The van der Waals surface area contributed by atoms with E-state index in [4.69, 9.17) is 9.84 Å². The fourth-order valence-electron chi connectivity index (χ4n) is 2.34.